The van der Waals surface area contributed by atoms with Crippen LogP contribution in [0.3, 0.4) is 0 Å². The lowest BCUT2D eigenvalue weighted by molar-refractivity contribution is 0.112. The van der Waals surface area contributed by atoms with Gasteiger partial charge in [0, 0.05) is 26.9 Å². The molecule has 0 saturated heterocycles. The first-order valence-electron chi connectivity index (χ1n) is 10.2. The van der Waals surface area contributed by atoms with Crippen LogP contribution in [0, 0.1) is 0 Å². The molecular formula is C17H17ClN2O. The van der Waals surface area contributed by atoms with Crippen LogP contribution in [0.5, 0.6) is 0 Å². The first kappa shape index (κ1) is 7.32. The van der Waals surface area contributed by atoms with Gasteiger partial charge in [-0.25, -0.2) is 4.99 Å². The lowest BCUT2D eigenvalue weighted by Crippen LogP contribution is -2.39. The van der Waals surface area contributed by atoms with Gasteiger partial charge in [0.15, 0.2) is 5.60 Å². The van der Waals surface area contributed by atoms with Gasteiger partial charge in [-0.15, -0.1) is 0 Å². The number of nitrogens with zero attached hydrogens (tertiary/aromatic N) is 1. The number of benzene rings is 2. The van der Waals surface area contributed by atoms with Gasteiger partial charge in [0.25, 0.3) is 6.02 Å². The summed E-state index contributed by atoms with van der Waals surface area (Å²) in [5.74, 6) is 0. The van der Waals surface area contributed by atoms with Crippen molar-refractivity contribution in [3.05, 3.63) is 64.6 Å². The number of hydrogen-bond donors (Lipinski definition) is 1. The molecule has 0 radical (unpaired) electrons. The van der Waals surface area contributed by atoms with Crippen LogP contribution in [-0.4, -0.2) is 12.5 Å². The SMILES string of the molecule is [2H]c1c([2H])c2c(c([2H])c1Cl)C(C)(c1ccccc1)OC(=NC([2H])([2H])C([2H])([2H])[2H])N2. The van der Waals surface area contributed by atoms with E-state index in [0.29, 0.717) is 5.56 Å². The van der Waals surface area contributed by atoms with Crippen LogP contribution in [0.15, 0.2) is 53.5 Å². The third-order valence-electron chi connectivity index (χ3n) is 3.27. The quantitative estimate of drug-likeness (QED) is 0.891. The van der Waals surface area contributed by atoms with E-state index in [-0.39, 0.29) is 28.4 Å². The number of nitrogens with one attached hydrogen (secondary N) is 1. The summed E-state index contributed by atoms with van der Waals surface area (Å²) in [6.45, 7) is -4.44. The van der Waals surface area contributed by atoms with Crippen molar-refractivity contribution in [2.45, 2.75) is 19.4 Å². The number of fused-ring (bicyclic) bond motifs is 1. The van der Waals surface area contributed by atoms with Crippen LogP contribution in [0.25, 0.3) is 0 Å². The maximum atomic E-state index is 8.40. The Morgan fingerprint density at radius 1 is 1.43 bits per heavy atom. The Kier molecular flexibility index (Phi) is 1.89. The van der Waals surface area contributed by atoms with Gasteiger partial charge in [-0.05, 0) is 37.5 Å². The lowest BCUT2D eigenvalue weighted by Gasteiger charge is -2.38. The van der Waals surface area contributed by atoms with E-state index >= 15 is 0 Å². The van der Waals surface area contributed by atoms with E-state index < -0.39 is 31.0 Å². The molecule has 1 aliphatic rings. The molecule has 0 spiro atoms. The average molecular weight is 309 g/mol. The monoisotopic (exact) mass is 308 g/mol. The zero-order chi connectivity index (χ0) is 21.8. The van der Waals surface area contributed by atoms with Crippen molar-refractivity contribution in [1.29, 1.82) is 0 Å². The summed E-state index contributed by atoms with van der Waals surface area (Å²) < 4.78 is 68.1. The summed E-state index contributed by atoms with van der Waals surface area (Å²) >= 11 is 6.09. The Morgan fingerprint density at radius 3 is 3.00 bits per heavy atom. The largest absolute Gasteiger partial charge is 0.449 e. The van der Waals surface area contributed by atoms with E-state index in [1.54, 1.807) is 37.3 Å². The fraction of sp³-hybridized carbons (Fsp3) is 0.235. The van der Waals surface area contributed by atoms with Crippen LogP contribution in [-0.2, 0) is 10.3 Å². The second-order valence-electron chi connectivity index (χ2n) is 4.59. The fourth-order valence-electron chi connectivity index (χ4n) is 2.27. The molecule has 1 unspecified atom stereocenters. The highest BCUT2D eigenvalue weighted by Crippen LogP contribution is 2.41. The van der Waals surface area contributed by atoms with E-state index in [1.807, 2.05) is 0 Å². The number of rotatable bonds is 2. The Hall–Kier alpha value is -2.00. The van der Waals surface area contributed by atoms with Crippen molar-refractivity contribution >= 4 is 23.3 Å². The molecule has 0 aliphatic carbocycles. The predicted octanol–water partition coefficient (Wildman–Crippen LogP) is 4.42. The molecular weight excluding hydrogens is 284 g/mol. The number of ether oxygens (including phenoxy) is 1. The third kappa shape index (κ3) is 2.49. The molecule has 1 aliphatic heterocycles. The van der Waals surface area contributed by atoms with Crippen molar-refractivity contribution in [2.24, 2.45) is 4.99 Å². The van der Waals surface area contributed by atoms with Crippen LogP contribution in [0.4, 0.5) is 5.69 Å². The van der Waals surface area contributed by atoms with Gasteiger partial charge in [-0.3, -0.25) is 0 Å². The molecule has 0 saturated carbocycles. The van der Waals surface area contributed by atoms with E-state index in [9.17, 15) is 0 Å². The first-order chi connectivity index (χ1) is 13.3. The zero-order valence-corrected chi connectivity index (χ0v) is 11.9. The molecule has 1 atom stereocenters. The molecule has 1 N–H and O–H groups in total. The van der Waals surface area contributed by atoms with E-state index in [4.69, 9.17) is 27.3 Å². The molecule has 2 aromatic rings. The van der Waals surface area contributed by atoms with Crippen molar-refractivity contribution in [2.75, 3.05) is 11.8 Å². The predicted molar refractivity (Wildman–Crippen MR) is 87.0 cm³/mol. The van der Waals surface area contributed by atoms with Gasteiger partial charge in [0.1, 0.15) is 0 Å². The van der Waals surface area contributed by atoms with Crippen molar-refractivity contribution in [3.63, 3.8) is 0 Å². The van der Waals surface area contributed by atoms with Crippen LogP contribution in [0.2, 0.25) is 5.02 Å². The molecule has 108 valence electrons. The Morgan fingerprint density at radius 2 is 2.24 bits per heavy atom. The average Bonchev–Trinajstić information content (AvgIpc) is 2.63. The second kappa shape index (κ2) is 5.41. The maximum absolute atomic E-state index is 8.40. The molecule has 4 heteroatoms. The van der Waals surface area contributed by atoms with Gasteiger partial charge in [0.05, 0.1) is 6.85 Å². The highest BCUT2D eigenvalue weighted by molar-refractivity contribution is 6.30. The summed E-state index contributed by atoms with van der Waals surface area (Å²) in [7, 11) is 0. The molecule has 3 nitrogen and oxygen atoms in total. The summed E-state index contributed by atoms with van der Waals surface area (Å²) in [6.07, 6.45) is 0. The number of halogens is 1. The molecule has 0 aromatic heterocycles. The van der Waals surface area contributed by atoms with Crippen LogP contribution >= 0.6 is 11.6 Å². The zero-order valence-electron chi connectivity index (χ0n) is 19.1. The highest BCUT2D eigenvalue weighted by Gasteiger charge is 2.38. The Labute approximate surface area is 140 Å². The van der Waals surface area contributed by atoms with E-state index in [1.165, 1.54) is 0 Å². The van der Waals surface area contributed by atoms with Gasteiger partial charge in [0.2, 0.25) is 0 Å². The maximum Gasteiger partial charge on any atom is 0.290 e. The summed E-state index contributed by atoms with van der Waals surface area (Å²) in [5, 5.41) is 2.36. The molecule has 2 aromatic carbocycles. The Balaban J connectivity index is 2.31. The van der Waals surface area contributed by atoms with Gasteiger partial charge in [-0.2, -0.15) is 0 Å². The summed E-state index contributed by atoms with van der Waals surface area (Å²) in [6, 6.07) is 7.22. The Bertz CT molecular complexity index is 993. The third-order valence-corrected chi connectivity index (χ3v) is 3.46. The van der Waals surface area contributed by atoms with Crippen LogP contribution in [0.1, 0.15) is 35.9 Å². The molecule has 21 heavy (non-hydrogen) atoms. The van der Waals surface area contributed by atoms with Gasteiger partial charge in [-0.1, -0.05) is 41.9 Å². The topological polar surface area (TPSA) is 33.6 Å². The van der Waals surface area contributed by atoms with Gasteiger partial charge < -0.3 is 10.1 Å². The summed E-state index contributed by atoms with van der Waals surface area (Å²) in [5.41, 5.74) is -0.729. The van der Waals surface area contributed by atoms with Crippen molar-refractivity contribution in [3.8, 4) is 0 Å². The molecule has 1 heterocycles. The standard InChI is InChI=1S/C17H17ClN2O/c1-3-19-16-20-15-10-9-13(18)11-14(15)17(2,21-16)12-7-5-4-6-8-12/h4-11H,3H2,1-2H3,(H,19,20)/i1D3,3D2,9D,10D,11D. The highest BCUT2D eigenvalue weighted by atomic mass is 35.5. The molecule has 0 fully saturated rings. The lowest BCUT2D eigenvalue weighted by atomic mass is 9.86. The minimum Gasteiger partial charge on any atom is -0.449 e. The number of amidine groups is 1. The molecule has 0 bridgehead atoms. The number of hydrogen-bond acceptors (Lipinski definition) is 2. The van der Waals surface area contributed by atoms with Gasteiger partial charge >= 0.3 is 0 Å². The van der Waals surface area contributed by atoms with Crippen LogP contribution < -0.4 is 5.32 Å². The minimum absolute atomic E-state index is 0.0119. The normalized spacial score (nSPS) is 29.1. The number of anilines is 1. The van der Waals surface area contributed by atoms with Crippen molar-refractivity contribution < 1.29 is 15.7 Å². The summed E-state index contributed by atoms with van der Waals surface area (Å²) in [4.78, 5) is 3.60. The molecule has 0 amide bonds. The second-order valence-corrected chi connectivity index (χ2v) is 4.97. The van der Waals surface area contributed by atoms with E-state index in [2.05, 4.69) is 10.3 Å². The fourth-order valence-corrected chi connectivity index (χ4v) is 2.41. The first-order valence-corrected chi connectivity index (χ1v) is 6.58. The van der Waals surface area contributed by atoms with Crippen molar-refractivity contribution in [1.82, 2.24) is 0 Å². The smallest absolute Gasteiger partial charge is 0.290 e. The van der Waals surface area contributed by atoms with E-state index in [0.717, 1.165) is 0 Å². The molecule has 3 rings (SSSR count). The minimum atomic E-state index is -3.06. The number of aliphatic imine (C=N–C) groups is 1.